The van der Waals surface area contributed by atoms with E-state index in [0.717, 1.165) is 0 Å². The van der Waals surface area contributed by atoms with Gasteiger partial charge in [-0.05, 0) is 49.3 Å². The highest BCUT2D eigenvalue weighted by Gasteiger charge is 2.37. The smallest absolute Gasteiger partial charge is 0.0473 e. The third kappa shape index (κ3) is 1.61. The van der Waals surface area contributed by atoms with Gasteiger partial charge in [0.05, 0.1) is 0 Å². The largest absolute Gasteiger partial charge is 0.381 e. The highest BCUT2D eigenvalue weighted by Crippen LogP contribution is 2.47. The van der Waals surface area contributed by atoms with E-state index in [4.69, 9.17) is 0 Å². The first-order valence-electron chi connectivity index (χ1n) is 6.71. The van der Waals surface area contributed by atoms with Gasteiger partial charge < -0.3 is 5.32 Å². The van der Waals surface area contributed by atoms with Crippen molar-refractivity contribution in [3.8, 4) is 0 Å². The van der Waals surface area contributed by atoms with Crippen molar-refractivity contribution in [1.82, 2.24) is 5.32 Å². The van der Waals surface area contributed by atoms with Crippen LogP contribution >= 0.6 is 0 Å². The molecule has 1 heterocycles. The molecule has 1 aliphatic carbocycles. The maximum Gasteiger partial charge on any atom is 0.0473 e. The molecule has 1 atom stereocenters. The lowest BCUT2D eigenvalue weighted by Crippen LogP contribution is -2.37. The van der Waals surface area contributed by atoms with Gasteiger partial charge in [-0.15, -0.1) is 0 Å². The maximum atomic E-state index is 3.81. The zero-order valence-corrected chi connectivity index (χ0v) is 11.4. The molecule has 0 spiro atoms. The molecule has 2 aliphatic rings. The highest BCUT2D eigenvalue weighted by atomic mass is 15.0. The van der Waals surface area contributed by atoms with Crippen LogP contribution in [0.3, 0.4) is 0 Å². The molecule has 1 heteroatoms. The van der Waals surface area contributed by atoms with E-state index in [2.05, 4.69) is 39.9 Å². The number of dihydropyridines is 1. The molecule has 0 radical (unpaired) electrons. The van der Waals surface area contributed by atoms with Crippen LogP contribution in [0.5, 0.6) is 0 Å². The predicted octanol–water partition coefficient (Wildman–Crippen LogP) is 4.17. The van der Waals surface area contributed by atoms with Crippen molar-refractivity contribution in [2.24, 2.45) is 5.41 Å². The lowest BCUT2D eigenvalue weighted by atomic mass is 9.84. The van der Waals surface area contributed by atoms with Crippen LogP contribution in [0.4, 0.5) is 0 Å². The van der Waals surface area contributed by atoms with Crippen LogP contribution in [0.2, 0.25) is 0 Å². The number of allylic oxidation sites excluding steroid dienone is 3. The van der Waals surface area contributed by atoms with E-state index in [0.29, 0.717) is 11.5 Å². The minimum Gasteiger partial charge on any atom is -0.381 e. The Bertz CT molecular complexity index is 358. The molecule has 1 nitrogen and oxygen atoms in total. The fraction of sp³-hybridized carbons (Fsp3) is 0.733. The Morgan fingerprint density at radius 3 is 2.56 bits per heavy atom. The summed E-state index contributed by atoms with van der Waals surface area (Å²) in [6.07, 6.45) is 4.96. The summed E-state index contributed by atoms with van der Waals surface area (Å²) in [5.41, 5.74) is 6.75. The Labute approximate surface area is 100 Å². The molecule has 90 valence electrons. The summed E-state index contributed by atoms with van der Waals surface area (Å²) in [4.78, 5) is 0. The molecule has 1 aliphatic heterocycles. The van der Waals surface area contributed by atoms with Crippen LogP contribution in [0.1, 0.15) is 60.3 Å². The van der Waals surface area contributed by atoms with Crippen LogP contribution in [0, 0.1) is 5.41 Å². The molecule has 16 heavy (non-hydrogen) atoms. The Balaban J connectivity index is 2.45. The van der Waals surface area contributed by atoms with Crippen LogP contribution < -0.4 is 5.32 Å². The van der Waals surface area contributed by atoms with Crippen LogP contribution in [-0.4, -0.2) is 6.04 Å². The first kappa shape index (κ1) is 11.8. The van der Waals surface area contributed by atoms with E-state index in [1.165, 1.54) is 31.4 Å². The lowest BCUT2D eigenvalue weighted by molar-refractivity contribution is 0.397. The Morgan fingerprint density at radius 1 is 1.31 bits per heavy atom. The van der Waals surface area contributed by atoms with Gasteiger partial charge in [0.15, 0.2) is 0 Å². The molecular weight excluding hydrogens is 194 g/mol. The Hall–Kier alpha value is -0.720. The average Bonchev–Trinajstić information content (AvgIpc) is 2.55. The summed E-state index contributed by atoms with van der Waals surface area (Å²) in [6.45, 7) is 11.7. The highest BCUT2D eigenvalue weighted by molar-refractivity contribution is 5.47. The second kappa shape index (κ2) is 3.94. The van der Waals surface area contributed by atoms with E-state index >= 15 is 0 Å². The molecule has 2 rings (SSSR count). The molecule has 0 aromatic carbocycles. The quantitative estimate of drug-likeness (QED) is 0.735. The molecule has 0 bridgehead atoms. The van der Waals surface area contributed by atoms with Crippen molar-refractivity contribution in [2.45, 2.75) is 66.3 Å². The molecular formula is C15H25N. The third-order valence-corrected chi connectivity index (χ3v) is 4.44. The van der Waals surface area contributed by atoms with Gasteiger partial charge in [0.2, 0.25) is 0 Å². The van der Waals surface area contributed by atoms with E-state index < -0.39 is 0 Å². The fourth-order valence-electron chi connectivity index (χ4n) is 3.33. The molecule has 0 saturated carbocycles. The predicted molar refractivity (Wildman–Crippen MR) is 70.2 cm³/mol. The molecule has 0 aromatic heterocycles. The number of rotatable bonds is 2. The Morgan fingerprint density at radius 2 is 2.00 bits per heavy atom. The van der Waals surface area contributed by atoms with Gasteiger partial charge in [-0.25, -0.2) is 0 Å². The van der Waals surface area contributed by atoms with Gasteiger partial charge >= 0.3 is 0 Å². The lowest BCUT2D eigenvalue weighted by Gasteiger charge is -2.34. The van der Waals surface area contributed by atoms with Crippen LogP contribution in [0.25, 0.3) is 0 Å². The van der Waals surface area contributed by atoms with Crippen molar-refractivity contribution in [3.05, 3.63) is 22.4 Å². The van der Waals surface area contributed by atoms with Gasteiger partial charge in [0.1, 0.15) is 0 Å². The Kier molecular flexibility index (Phi) is 2.90. The van der Waals surface area contributed by atoms with E-state index in [-0.39, 0.29) is 0 Å². The summed E-state index contributed by atoms with van der Waals surface area (Å²) in [7, 11) is 0. The molecule has 0 fully saturated rings. The summed E-state index contributed by atoms with van der Waals surface area (Å²) in [5, 5.41) is 3.81. The van der Waals surface area contributed by atoms with Crippen LogP contribution in [0.15, 0.2) is 22.4 Å². The molecule has 0 aromatic rings. The number of hydrogen-bond donors (Lipinski definition) is 1. The average molecular weight is 219 g/mol. The van der Waals surface area contributed by atoms with E-state index in [1.54, 1.807) is 16.7 Å². The van der Waals surface area contributed by atoms with Gasteiger partial charge in [0.25, 0.3) is 0 Å². The summed E-state index contributed by atoms with van der Waals surface area (Å²) in [5.74, 6) is 0. The summed E-state index contributed by atoms with van der Waals surface area (Å²) >= 11 is 0. The fourth-order valence-corrected chi connectivity index (χ4v) is 3.33. The third-order valence-electron chi connectivity index (χ3n) is 4.44. The van der Waals surface area contributed by atoms with Crippen molar-refractivity contribution < 1.29 is 0 Å². The zero-order chi connectivity index (χ0) is 11.9. The van der Waals surface area contributed by atoms with Crippen molar-refractivity contribution >= 4 is 0 Å². The summed E-state index contributed by atoms with van der Waals surface area (Å²) in [6, 6.07) is 0.584. The molecule has 1 unspecified atom stereocenters. The monoisotopic (exact) mass is 219 g/mol. The van der Waals surface area contributed by atoms with Crippen molar-refractivity contribution in [1.29, 1.82) is 0 Å². The van der Waals surface area contributed by atoms with Gasteiger partial charge in [-0.3, -0.25) is 0 Å². The minimum absolute atomic E-state index is 0.364. The van der Waals surface area contributed by atoms with Gasteiger partial charge in [-0.1, -0.05) is 27.7 Å². The molecule has 0 amide bonds. The maximum absolute atomic E-state index is 3.81. The first-order valence-corrected chi connectivity index (χ1v) is 6.71. The second-order valence-electron chi connectivity index (χ2n) is 5.85. The summed E-state index contributed by atoms with van der Waals surface area (Å²) < 4.78 is 0. The molecule has 0 saturated heterocycles. The normalized spacial score (nSPS) is 28.2. The molecule has 1 N–H and O–H groups in total. The number of nitrogens with one attached hydrogen (secondary N) is 1. The standard InChI is InChI=1S/C15H25N/c1-6-11-10(3)12-8-9-15(4,5)14(12)16-13(11)7-2/h13,16H,6-9H2,1-5H3. The van der Waals surface area contributed by atoms with Crippen LogP contribution in [-0.2, 0) is 0 Å². The zero-order valence-electron chi connectivity index (χ0n) is 11.4. The first-order chi connectivity index (χ1) is 7.51. The van der Waals surface area contributed by atoms with E-state index in [9.17, 15) is 0 Å². The SMILES string of the molecule is CCC1=C(C)C2=C(NC1CC)C(C)(C)CC2. The number of hydrogen-bond acceptors (Lipinski definition) is 1. The van der Waals surface area contributed by atoms with Crippen molar-refractivity contribution in [3.63, 3.8) is 0 Å². The van der Waals surface area contributed by atoms with Gasteiger partial charge in [-0.2, -0.15) is 0 Å². The topological polar surface area (TPSA) is 12.0 Å². The van der Waals surface area contributed by atoms with Crippen molar-refractivity contribution in [2.75, 3.05) is 0 Å². The second-order valence-corrected chi connectivity index (χ2v) is 5.85. The minimum atomic E-state index is 0.364. The van der Waals surface area contributed by atoms with E-state index in [1.807, 2.05) is 0 Å². The van der Waals surface area contributed by atoms with Gasteiger partial charge in [0, 0.05) is 17.2 Å².